The fourth-order valence-corrected chi connectivity index (χ4v) is 4.18. The molecule has 3 unspecified atom stereocenters. The number of aliphatic hydroxyl groups is 1. The normalized spacial score (nSPS) is 26.5. The second-order valence-corrected chi connectivity index (χ2v) is 7.22. The van der Waals surface area contributed by atoms with Crippen molar-refractivity contribution in [2.75, 3.05) is 6.79 Å². The van der Waals surface area contributed by atoms with Crippen molar-refractivity contribution in [3.63, 3.8) is 0 Å². The molecule has 2 amide bonds. The number of thiophene rings is 1. The number of alkyl halides is 3. The van der Waals surface area contributed by atoms with Crippen LogP contribution in [0.15, 0.2) is 35.7 Å². The van der Waals surface area contributed by atoms with E-state index in [-0.39, 0.29) is 23.0 Å². The van der Waals surface area contributed by atoms with Crippen molar-refractivity contribution in [3.05, 3.63) is 46.2 Å². The van der Waals surface area contributed by atoms with Crippen LogP contribution in [0.4, 0.5) is 18.0 Å². The lowest BCUT2D eigenvalue weighted by Gasteiger charge is -2.44. The van der Waals surface area contributed by atoms with Crippen molar-refractivity contribution in [3.8, 4) is 11.5 Å². The van der Waals surface area contributed by atoms with Crippen LogP contribution in [0.25, 0.3) is 0 Å². The molecule has 2 aliphatic rings. The molecule has 0 radical (unpaired) electrons. The second kappa shape index (κ2) is 6.38. The first-order valence-electron chi connectivity index (χ1n) is 8.06. The summed E-state index contributed by atoms with van der Waals surface area (Å²) in [4.78, 5) is 24.5. The molecule has 4 rings (SSSR count). The number of carbonyl (C=O) groups excluding carboxylic acids is 2. The number of benzene rings is 1. The van der Waals surface area contributed by atoms with Crippen LogP contribution in [-0.2, 0) is 10.5 Å². The van der Waals surface area contributed by atoms with Crippen LogP contribution in [0.5, 0.6) is 11.5 Å². The molecule has 7 nitrogen and oxygen atoms in total. The summed E-state index contributed by atoms with van der Waals surface area (Å²) in [6, 6.07) is 4.74. The Labute approximate surface area is 160 Å². The quantitative estimate of drug-likeness (QED) is 0.717. The highest BCUT2D eigenvalue weighted by atomic mass is 32.1. The molecule has 11 heteroatoms. The first kappa shape index (κ1) is 18.6. The van der Waals surface area contributed by atoms with Crippen LogP contribution < -0.4 is 20.1 Å². The van der Waals surface area contributed by atoms with Gasteiger partial charge in [-0.25, -0.2) is 4.79 Å². The summed E-state index contributed by atoms with van der Waals surface area (Å²) in [5.41, 5.74) is -2.37. The van der Waals surface area contributed by atoms with Gasteiger partial charge in [0.05, 0.1) is 10.9 Å². The van der Waals surface area contributed by atoms with Crippen LogP contribution in [-0.4, -0.2) is 29.9 Å². The standard InChI is InChI=1S/C17H13F3N2O5S/c18-17(19,20)14(23)12-13(8-3-4-9-10(6-8)27-7-26-9)21-15(24)22-16(12,25)11-2-1-5-28-11/h1-6,12-13,25H,7H2,(H2,21,22,24). The van der Waals surface area contributed by atoms with Gasteiger partial charge in [0.15, 0.2) is 17.2 Å². The summed E-state index contributed by atoms with van der Waals surface area (Å²) in [7, 11) is 0. The molecule has 0 aliphatic carbocycles. The summed E-state index contributed by atoms with van der Waals surface area (Å²) in [5, 5.41) is 17.0. The Hall–Kier alpha value is -2.79. The third-order valence-electron chi connectivity index (χ3n) is 4.59. The van der Waals surface area contributed by atoms with Crippen LogP contribution in [0.3, 0.4) is 0 Å². The Morgan fingerprint density at radius 2 is 2.00 bits per heavy atom. The van der Waals surface area contributed by atoms with E-state index in [1.807, 2.05) is 0 Å². The third kappa shape index (κ3) is 2.96. The minimum Gasteiger partial charge on any atom is -0.454 e. The summed E-state index contributed by atoms with van der Waals surface area (Å²) in [5.74, 6) is -3.58. The van der Waals surface area contributed by atoms with E-state index < -0.39 is 35.7 Å². The predicted molar refractivity (Wildman–Crippen MR) is 89.7 cm³/mol. The molecule has 3 heterocycles. The zero-order chi connectivity index (χ0) is 20.1. The van der Waals surface area contributed by atoms with Crippen LogP contribution in [0, 0.1) is 5.92 Å². The summed E-state index contributed by atoms with van der Waals surface area (Å²) < 4.78 is 50.5. The van der Waals surface area contributed by atoms with Gasteiger partial charge in [0, 0.05) is 0 Å². The lowest BCUT2D eigenvalue weighted by atomic mass is 9.78. The molecule has 2 aromatic rings. The number of ether oxygens (including phenoxy) is 2. The van der Waals surface area contributed by atoms with Gasteiger partial charge < -0.3 is 25.2 Å². The van der Waals surface area contributed by atoms with Gasteiger partial charge in [-0.05, 0) is 29.1 Å². The van der Waals surface area contributed by atoms with Gasteiger partial charge in [-0.15, -0.1) is 11.3 Å². The van der Waals surface area contributed by atoms with Gasteiger partial charge in [-0.1, -0.05) is 12.1 Å². The van der Waals surface area contributed by atoms with Gasteiger partial charge in [-0.2, -0.15) is 13.2 Å². The zero-order valence-electron chi connectivity index (χ0n) is 13.9. The number of nitrogens with one attached hydrogen (secondary N) is 2. The maximum atomic E-state index is 13.4. The number of Topliss-reactive ketones (excluding diaryl/α,β-unsaturated/α-hetero) is 1. The number of ketones is 1. The van der Waals surface area contributed by atoms with Crippen molar-refractivity contribution in [1.82, 2.24) is 10.6 Å². The predicted octanol–water partition coefficient (Wildman–Crippen LogP) is 2.42. The number of amides is 2. The summed E-state index contributed by atoms with van der Waals surface area (Å²) in [6.45, 7) is -0.0542. The van der Waals surface area contributed by atoms with Crippen LogP contribution in [0.1, 0.15) is 16.5 Å². The molecular weight excluding hydrogens is 401 g/mol. The average molecular weight is 414 g/mol. The lowest BCUT2D eigenvalue weighted by molar-refractivity contribution is -0.190. The number of hydrogen-bond acceptors (Lipinski definition) is 6. The number of urea groups is 1. The molecule has 1 saturated heterocycles. The topological polar surface area (TPSA) is 96.9 Å². The lowest BCUT2D eigenvalue weighted by Crippen LogP contribution is -2.66. The van der Waals surface area contributed by atoms with E-state index in [0.29, 0.717) is 5.75 Å². The molecule has 28 heavy (non-hydrogen) atoms. The Balaban J connectivity index is 1.85. The smallest absolute Gasteiger partial charge is 0.450 e. The van der Waals surface area contributed by atoms with Gasteiger partial charge in [0.25, 0.3) is 0 Å². The van der Waals surface area contributed by atoms with Crippen LogP contribution >= 0.6 is 11.3 Å². The molecule has 1 aromatic heterocycles. The Bertz CT molecular complexity index is 933. The van der Waals surface area contributed by atoms with Crippen molar-refractivity contribution in [1.29, 1.82) is 0 Å². The molecular formula is C17H13F3N2O5S. The van der Waals surface area contributed by atoms with Gasteiger partial charge in [0.1, 0.15) is 5.92 Å². The minimum atomic E-state index is -5.23. The maximum absolute atomic E-state index is 13.4. The van der Waals surface area contributed by atoms with Gasteiger partial charge in [0.2, 0.25) is 12.6 Å². The summed E-state index contributed by atoms with van der Waals surface area (Å²) >= 11 is 0.923. The molecule has 1 fully saturated rings. The SMILES string of the molecule is O=C1NC(c2ccc3c(c2)OCO3)C(C(=O)C(F)(F)F)C(O)(c2cccs2)N1. The van der Waals surface area contributed by atoms with Crippen LogP contribution in [0.2, 0.25) is 0 Å². The van der Waals surface area contributed by atoms with Crippen molar-refractivity contribution in [2.45, 2.75) is 17.9 Å². The number of rotatable bonds is 3. The first-order valence-corrected chi connectivity index (χ1v) is 8.94. The van der Waals surface area contributed by atoms with E-state index in [1.54, 1.807) is 0 Å². The van der Waals surface area contributed by atoms with E-state index in [9.17, 15) is 27.9 Å². The number of carbonyl (C=O) groups is 2. The van der Waals surface area contributed by atoms with Crippen molar-refractivity contribution in [2.24, 2.45) is 5.92 Å². The largest absolute Gasteiger partial charge is 0.454 e. The van der Waals surface area contributed by atoms with E-state index in [4.69, 9.17) is 9.47 Å². The molecule has 1 aromatic carbocycles. The molecule has 3 atom stereocenters. The first-order chi connectivity index (χ1) is 13.2. The van der Waals surface area contributed by atoms with Crippen molar-refractivity contribution < 1.29 is 37.3 Å². The minimum absolute atomic E-state index is 0.00990. The second-order valence-electron chi connectivity index (χ2n) is 6.27. The number of hydrogen-bond donors (Lipinski definition) is 3. The molecule has 0 bridgehead atoms. The van der Waals surface area contributed by atoms with Gasteiger partial charge >= 0.3 is 12.2 Å². The third-order valence-corrected chi connectivity index (χ3v) is 5.58. The van der Waals surface area contributed by atoms with Gasteiger partial charge in [-0.3, -0.25) is 4.79 Å². The monoisotopic (exact) mass is 414 g/mol. The number of halogens is 3. The molecule has 0 saturated carbocycles. The van der Waals surface area contributed by atoms with Crippen molar-refractivity contribution >= 4 is 23.2 Å². The Morgan fingerprint density at radius 3 is 2.68 bits per heavy atom. The maximum Gasteiger partial charge on any atom is 0.450 e. The van der Waals surface area contributed by atoms with E-state index in [0.717, 1.165) is 11.3 Å². The Morgan fingerprint density at radius 1 is 1.25 bits per heavy atom. The van der Waals surface area contributed by atoms with E-state index in [1.165, 1.54) is 35.7 Å². The number of fused-ring (bicyclic) bond motifs is 1. The fourth-order valence-electron chi connectivity index (χ4n) is 3.36. The molecule has 2 aliphatic heterocycles. The molecule has 3 N–H and O–H groups in total. The van der Waals surface area contributed by atoms with E-state index in [2.05, 4.69) is 10.6 Å². The highest BCUT2D eigenvalue weighted by Crippen LogP contribution is 2.45. The highest BCUT2D eigenvalue weighted by molar-refractivity contribution is 7.10. The molecule has 0 spiro atoms. The average Bonchev–Trinajstić information content (AvgIpc) is 3.31. The molecule has 148 valence electrons. The summed E-state index contributed by atoms with van der Waals surface area (Å²) in [6.07, 6.45) is -5.23. The Kier molecular flexibility index (Phi) is 4.23. The fraction of sp³-hybridized carbons (Fsp3) is 0.294. The highest BCUT2D eigenvalue weighted by Gasteiger charge is 2.59. The van der Waals surface area contributed by atoms with E-state index >= 15 is 0 Å². The zero-order valence-corrected chi connectivity index (χ0v) is 14.8.